The van der Waals surface area contributed by atoms with Gasteiger partial charge in [-0.1, -0.05) is 0 Å². The molecule has 4 N–H and O–H groups in total. The fourth-order valence-corrected chi connectivity index (χ4v) is 1.68. The minimum Gasteiger partial charge on any atom is -0.455 e. The first-order valence-electron chi connectivity index (χ1n) is 5.50. The lowest BCUT2D eigenvalue weighted by Gasteiger charge is -2.20. The highest BCUT2D eigenvalue weighted by Gasteiger charge is 2.32. The molecule has 1 aromatic rings. The number of nitrogens with one attached hydrogen (secondary N) is 1. The molecule has 1 unspecified atom stereocenters. The van der Waals surface area contributed by atoms with Crippen molar-refractivity contribution in [3.05, 3.63) is 23.7 Å². The van der Waals surface area contributed by atoms with Crippen LogP contribution in [0.15, 0.2) is 16.5 Å². The molecule has 6 nitrogen and oxygen atoms in total. The second-order valence-corrected chi connectivity index (χ2v) is 4.18. The summed E-state index contributed by atoms with van der Waals surface area (Å²) in [6.45, 7) is 1.18. The number of hydrogen-bond acceptors (Lipinski definition) is 5. The molecule has 0 radical (unpaired) electrons. The number of rotatable bonds is 4. The quantitative estimate of drug-likeness (QED) is 0.666. The SMILES string of the molecule is NCc1ccc(C(=O)NCC2(O)CCOC2)o1. The van der Waals surface area contributed by atoms with Crippen molar-refractivity contribution in [1.29, 1.82) is 0 Å². The summed E-state index contributed by atoms with van der Waals surface area (Å²) in [5, 5.41) is 12.6. The van der Waals surface area contributed by atoms with Crippen LogP contribution in [-0.2, 0) is 11.3 Å². The summed E-state index contributed by atoms with van der Waals surface area (Å²) in [6.07, 6.45) is 0.527. The molecule has 2 heterocycles. The Balaban J connectivity index is 1.88. The molecule has 1 atom stereocenters. The van der Waals surface area contributed by atoms with Crippen LogP contribution in [0.25, 0.3) is 0 Å². The number of furan rings is 1. The van der Waals surface area contributed by atoms with Crippen molar-refractivity contribution in [2.45, 2.75) is 18.6 Å². The van der Waals surface area contributed by atoms with Crippen molar-refractivity contribution >= 4 is 5.91 Å². The standard InChI is InChI=1S/C11H16N2O4/c12-5-8-1-2-9(17-8)10(14)13-6-11(15)3-4-16-7-11/h1-2,15H,3-7,12H2,(H,13,14). The van der Waals surface area contributed by atoms with E-state index in [-0.39, 0.29) is 31.4 Å². The molecule has 6 heteroatoms. The maximum Gasteiger partial charge on any atom is 0.287 e. The Kier molecular flexibility index (Phi) is 3.46. The van der Waals surface area contributed by atoms with Gasteiger partial charge in [0.05, 0.1) is 13.2 Å². The minimum atomic E-state index is -0.959. The molecule has 1 aromatic heterocycles. The third-order valence-electron chi connectivity index (χ3n) is 2.75. The van der Waals surface area contributed by atoms with Crippen LogP contribution in [0.1, 0.15) is 22.7 Å². The Morgan fingerprint density at radius 1 is 1.59 bits per heavy atom. The second kappa shape index (κ2) is 4.87. The van der Waals surface area contributed by atoms with Gasteiger partial charge in [0.15, 0.2) is 5.76 Å². The Labute approximate surface area is 98.7 Å². The van der Waals surface area contributed by atoms with Crippen molar-refractivity contribution in [1.82, 2.24) is 5.32 Å². The third kappa shape index (κ3) is 2.85. The van der Waals surface area contributed by atoms with Crippen LogP contribution < -0.4 is 11.1 Å². The summed E-state index contributed by atoms with van der Waals surface area (Å²) in [5.41, 5.74) is 4.42. The van der Waals surface area contributed by atoms with Gasteiger partial charge in [0.25, 0.3) is 5.91 Å². The van der Waals surface area contributed by atoms with E-state index in [2.05, 4.69) is 5.32 Å². The molecule has 17 heavy (non-hydrogen) atoms. The zero-order valence-electron chi connectivity index (χ0n) is 9.44. The molecule has 1 aliphatic heterocycles. The molecule has 1 saturated heterocycles. The van der Waals surface area contributed by atoms with Gasteiger partial charge in [-0.25, -0.2) is 0 Å². The van der Waals surface area contributed by atoms with Gasteiger partial charge in [-0.3, -0.25) is 4.79 Å². The smallest absolute Gasteiger partial charge is 0.287 e. The van der Waals surface area contributed by atoms with E-state index in [9.17, 15) is 9.90 Å². The van der Waals surface area contributed by atoms with Gasteiger partial charge in [0.1, 0.15) is 11.4 Å². The van der Waals surface area contributed by atoms with Crippen LogP contribution in [0.4, 0.5) is 0 Å². The molecule has 1 amide bonds. The van der Waals surface area contributed by atoms with Gasteiger partial charge in [-0.05, 0) is 12.1 Å². The Hall–Kier alpha value is -1.37. The summed E-state index contributed by atoms with van der Waals surface area (Å²) in [6, 6.07) is 3.22. The van der Waals surface area contributed by atoms with Crippen LogP contribution in [-0.4, -0.2) is 36.4 Å². The molecule has 2 rings (SSSR count). The van der Waals surface area contributed by atoms with E-state index < -0.39 is 5.60 Å². The van der Waals surface area contributed by atoms with E-state index >= 15 is 0 Å². The lowest BCUT2D eigenvalue weighted by atomic mass is 10.0. The van der Waals surface area contributed by atoms with Crippen molar-refractivity contribution in [2.24, 2.45) is 5.73 Å². The topological polar surface area (TPSA) is 97.7 Å². The molecule has 1 aliphatic rings. The maximum absolute atomic E-state index is 11.7. The van der Waals surface area contributed by atoms with E-state index in [1.54, 1.807) is 12.1 Å². The van der Waals surface area contributed by atoms with Gasteiger partial charge in [-0.15, -0.1) is 0 Å². The van der Waals surface area contributed by atoms with Gasteiger partial charge < -0.3 is 25.3 Å². The van der Waals surface area contributed by atoms with E-state index in [0.717, 1.165) is 0 Å². The first kappa shape index (κ1) is 12.1. The van der Waals surface area contributed by atoms with Crippen LogP contribution in [0.5, 0.6) is 0 Å². The number of carbonyl (C=O) groups is 1. The van der Waals surface area contributed by atoms with E-state index in [0.29, 0.717) is 18.8 Å². The highest BCUT2D eigenvalue weighted by Crippen LogP contribution is 2.17. The number of aliphatic hydroxyl groups is 1. The molecule has 0 spiro atoms. The number of hydrogen-bond donors (Lipinski definition) is 3. The van der Waals surface area contributed by atoms with Gasteiger partial charge in [0.2, 0.25) is 0 Å². The van der Waals surface area contributed by atoms with Crippen LogP contribution in [0.2, 0.25) is 0 Å². The molecule has 0 saturated carbocycles. The average Bonchev–Trinajstić information content (AvgIpc) is 2.95. The zero-order valence-corrected chi connectivity index (χ0v) is 9.44. The normalized spacial score (nSPS) is 23.9. The van der Waals surface area contributed by atoms with E-state index in [1.165, 1.54) is 0 Å². The average molecular weight is 240 g/mol. The zero-order chi connectivity index (χ0) is 12.3. The van der Waals surface area contributed by atoms with E-state index in [4.69, 9.17) is 14.9 Å². The number of nitrogens with two attached hydrogens (primary N) is 1. The largest absolute Gasteiger partial charge is 0.455 e. The minimum absolute atomic E-state index is 0.157. The molecule has 0 bridgehead atoms. The number of amides is 1. The summed E-state index contributed by atoms with van der Waals surface area (Å²) in [7, 11) is 0. The van der Waals surface area contributed by atoms with Crippen LogP contribution in [0.3, 0.4) is 0 Å². The van der Waals surface area contributed by atoms with Gasteiger partial charge >= 0.3 is 0 Å². The van der Waals surface area contributed by atoms with Crippen molar-refractivity contribution < 1.29 is 19.1 Å². The van der Waals surface area contributed by atoms with Gasteiger partial charge in [0, 0.05) is 19.6 Å². The molecular formula is C11H16N2O4. The van der Waals surface area contributed by atoms with Crippen LogP contribution in [0, 0.1) is 0 Å². The first-order valence-corrected chi connectivity index (χ1v) is 5.50. The molecule has 0 aromatic carbocycles. The summed E-state index contributed by atoms with van der Waals surface area (Å²) < 4.78 is 10.3. The van der Waals surface area contributed by atoms with Crippen LogP contribution >= 0.6 is 0 Å². The fourth-order valence-electron chi connectivity index (χ4n) is 1.68. The lowest BCUT2D eigenvalue weighted by Crippen LogP contribution is -2.43. The van der Waals surface area contributed by atoms with Crippen molar-refractivity contribution in [2.75, 3.05) is 19.8 Å². The lowest BCUT2D eigenvalue weighted by molar-refractivity contribution is 0.0261. The Bertz CT molecular complexity index is 396. The molecule has 94 valence electrons. The van der Waals surface area contributed by atoms with E-state index in [1.807, 2.05) is 0 Å². The van der Waals surface area contributed by atoms with Crippen molar-refractivity contribution in [3.8, 4) is 0 Å². The Morgan fingerprint density at radius 2 is 2.41 bits per heavy atom. The molecule has 0 aliphatic carbocycles. The summed E-state index contributed by atoms with van der Waals surface area (Å²) >= 11 is 0. The fraction of sp³-hybridized carbons (Fsp3) is 0.545. The second-order valence-electron chi connectivity index (χ2n) is 4.18. The highest BCUT2D eigenvalue weighted by molar-refractivity contribution is 5.91. The predicted octanol–water partition coefficient (Wildman–Crippen LogP) is -0.381. The maximum atomic E-state index is 11.7. The third-order valence-corrected chi connectivity index (χ3v) is 2.75. The Morgan fingerprint density at radius 3 is 3.00 bits per heavy atom. The summed E-state index contributed by atoms with van der Waals surface area (Å²) in [5.74, 6) is 0.399. The number of carbonyl (C=O) groups excluding carboxylic acids is 1. The summed E-state index contributed by atoms with van der Waals surface area (Å²) in [4.78, 5) is 11.7. The highest BCUT2D eigenvalue weighted by atomic mass is 16.5. The predicted molar refractivity (Wildman–Crippen MR) is 59.3 cm³/mol. The molecule has 1 fully saturated rings. The van der Waals surface area contributed by atoms with Crippen molar-refractivity contribution in [3.63, 3.8) is 0 Å². The number of ether oxygens (including phenoxy) is 1. The van der Waals surface area contributed by atoms with Gasteiger partial charge in [-0.2, -0.15) is 0 Å². The molecular weight excluding hydrogens is 224 g/mol. The monoisotopic (exact) mass is 240 g/mol. The first-order chi connectivity index (χ1) is 8.13.